The molecule has 0 aliphatic carbocycles. The van der Waals surface area contributed by atoms with Crippen LogP contribution in [-0.4, -0.2) is 31.4 Å². The molecule has 0 atom stereocenters. The smallest absolute Gasteiger partial charge is 0.236 e. The predicted octanol–water partition coefficient (Wildman–Crippen LogP) is 4.63. The van der Waals surface area contributed by atoms with Gasteiger partial charge in [-0.2, -0.15) is 0 Å². The van der Waals surface area contributed by atoms with Crippen LogP contribution in [0.2, 0.25) is 10.0 Å². The van der Waals surface area contributed by atoms with E-state index in [0.717, 1.165) is 17.1 Å². The van der Waals surface area contributed by atoms with Crippen molar-refractivity contribution in [3.63, 3.8) is 0 Å². The highest BCUT2D eigenvalue weighted by Gasteiger charge is 2.15. The van der Waals surface area contributed by atoms with Gasteiger partial charge >= 0.3 is 0 Å². The van der Waals surface area contributed by atoms with Gasteiger partial charge in [-0.3, -0.25) is 9.36 Å². The molecule has 0 bridgehead atoms. The Kier molecular flexibility index (Phi) is 6.04. The first-order valence-electron chi connectivity index (χ1n) is 8.09. The quantitative estimate of drug-likeness (QED) is 0.608. The summed E-state index contributed by atoms with van der Waals surface area (Å²) in [6.07, 6.45) is 0. The van der Waals surface area contributed by atoms with Crippen molar-refractivity contribution in [3.05, 3.63) is 57.5 Å². The number of hydrogen-bond acceptors (Lipinski definition) is 5. The molecule has 0 aliphatic heterocycles. The van der Waals surface area contributed by atoms with E-state index in [1.807, 2.05) is 42.7 Å². The third kappa shape index (κ3) is 4.61. The van der Waals surface area contributed by atoms with Gasteiger partial charge in [-0.05, 0) is 44.5 Å². The van der Waals surface area contributed by atoms with Crippen molar-refractivity contribution in [2.45, 2.75) is 25.9 Å². The summed E-state index contributed by atoms with van der Waals surface area (Å²) in [6, 6.07) is 9.58. The van der Waals surface area contributed by atoms with Crippen LogP contribution in [0.25, 0.3) is 5.69 Å². The van der Waals surface area contributed by atoms with Crippen molar-refractivity contribution in [1.29, 1.82) is 0 Å². The van der Waals surface area contributed by atoms with Gasteiger partial charge < -0.3 is 5.32 Å². The molecule has 0 aliphatic rings. The fourth-order valence-electron chi connectivity index (χ4n) is 2.45. The lowest BCUT2D eigenvalue weighted by molar-refractivity contribution is -0.113. The molecule has 3 aromatic rings. The molecule has 6 nitrogen and oxygen atoms in total. The molecular weight excluding hydrogens is 405 g/mol. The van der Waals surface area contributed by atoms with Crippen LogP contribution in [0.15, 0.2) is 35.5 Å². The van der Waals surface area contributed by atoms with Gasteiger partial charge in [0.15, 0.2) is 11.0 Å². The van der Waals surface area contributed by atoms with Crippen LogP contribution in [0.1, 0.15) is 17.1 Å². The Labute approximate surface area is 171 Å². The Morgan fingerprint density at radius 1 is 1.15 bits per heavy atom. The zero-order chi connectivity index (χ0) is 19.6. The van der Waals surface area contributed by atoms with Crippen LogP contribution < -0.4 is 5.32 Å². The minimum absolute atomic E-state index is 0.142. The number of nitrogens with zero attached hydrogens (tertiary/aromatic N) is 4. The van der Waals surface area contributed by atoms with Gasteiger partial charge in [-0.25, -0.2) is 4.98 Å². The molecular formula is C18H17Cl2N5OS. The summed E-state index contributed by atoms with van der Waals surface area (Å²) >= 11 is 13.4. The van der Waals surface area contributed by atoms with E-state index in [1.54, 1.807) is 13.0 Å². The summed E-state index contributed by atoms with van der Waals surface area (Å²) in [6.45, 7) is 5.64. The number of benzene rings is 1. The van der Waals surface area contributed by atoms with Crippen molar-refractivity contribution in [3.8, 4) is 5.69 Å². The molecule has 0 unspecified atom stereocenters. The maximum atomic E-state index is 12.3. The third-order valence-corrected chi connectivity index (χ3v) is 5.35. The molecule has 3 rings (SSSR count). The highest BCUT2D eigenvalue weighted by Crippen LogP contribution is 2.26. The molecule has 1 amide bonds. The Morgan fingerprint density at radius 2 is 1.93 bits per heavy atom. The molecule has 1 aromatic carbocycles. The highest BCUT2D eigenvalue weighted by molar-refractivity contribution is 7.99. The largest absolute Gasteiger partial charge is 0.309 e. The van der Waals surface area contributed by atoms with Crippen LogP contribution in [0.3, 0.4) is 0 Å². The number of halogens is 2. The zero-order valence-electron chi connectivity index (χ0n) is 15.0. The van der Waals surface area contributed by atoms with Crippen molar-refractivity contribution in [1.82, 2.24) is 19.7 Å². The molecule has 140 valence electrons. The lowest BCUT2D eigenvalue weighted by Crippen LogP contribution is -2.16. The van der Waals surface area contributed by atoms with Gasteiger partial charge in [0, 0.05) is 5.69 Å². The van der Waals surface area contributed by atoms with Gasteiger partial charge in [0.1, 0.15) is 5.82 Å². The number of carbonyl (C=O) groups excluding carboxylic acids is 1. The van der Waals surface area contributed by atoms with Crippen molar-refractivity contribution >= 4 is 46.7 Å². The number of aromatic nitrogens is 4. The molecule has 0 saturated carbocycles. The van der Waals surface area contributed by atoms with Crippen LogP contribution in [0.4, 0.5) is 5.82 Å². The SMILES string of the molecule is Cc1cccc(-n2c(C)nnc2SCC(=O)Nc2nc(C)c(Cl)cc2Cl)c1. The molecule has 1 N–H and O–H groups in total. The van der Waals surface area contributed by atoms with Crippen molar-refractivity contribution < 1.29 is 4.79 Å². The molecule has 2 aromatic heterocycles. The number of thioether (sulfide) groups is 1. The maximum Gasteiger partial charge on any atom is 0.236 e. The zero-order valence-corrected chi connectivity index (χ0v) is 17.3. The molecule has 0 spiro atoms. The number of anilines is 1. The third-order valence-electron chi connectivity index (χ3n) is 3.75. The van der Waals surface area contributed by atoms with E-state index in [2.05, 4.69) is 20.5 Å². The predicted molar refractivity (Wildman–Crippen MR) is 109 cm³/mol. The van der Waals surface area contributed by atoms with Gasteiger partial charge in [-0.1, -0.05) is 47.1 Å². The van der Waals surface area contributed by atoms with Crippen LogP contribution in [0, 0.1) is 20.8 Å². The Bertz CT molecular complexity index is 1010. The van der Waals surface area contributed by atoms with Crippen LogP contribution in [0.5, 0.6) is 0 Å². The molecule has 0 radical (unpaired) electrons. The first-order chi connectivity index (χ1) is 12.8. The fraction of sp³-hybridized carbons (Fsp3) is 0.222. The fourth-order valence-corrected chi connectivity index (χ4v) is 3.65. The average Bonchev–Trinajstić information content (AvgIpc) is 2.98. The Balaban J connectivity index is 1.73. The Morgan fingerprint density at radius 3 is 2.67 bits per heavy atom. The second-order valence-corrected chi connectivity index (χ2v) is 7.68. The topological polar surface area (TPSA) is 72.7 Å². The minimum Gasteiger partial charge on any atom is -0.309 e. The molecule has 0 saturated heterocycles. The molecule has 2 heterocycles. The molecule has 27 heavy (non-hydrogen) atoms. The summed E-state index contributed by atoms with van der Waals surface area (Å²) in [5.74, 6) is 0.943. The van der Waals surface area contributed by atoms with Crippen LogP contribution in [-0.2, 0) is 4.79 Å². The average molecular weight is 422 g/mol. The molecule has 0 fully saturated rings. The Hall–Kier alpha value is -2.09. The van der Waals surface area contributed by atoms with E-state index in [1.165, 1.54) is 11.8 Å². The van der Waals surface area contributed by atoms with E-state index in [9.17, 15) is 4.79 Å². The van der Waals surface area contributed by atoms with Crippen molar-refractivity contribution in [2.24, 2.45) is 0 Å². The van der Waals surface area contributed by atoms with Crippen LogP contribution >= 0.6 is 35.0 Å². The number of hydrogen-bond donors (Lipinski definition) is 1. The minimum atomic E-state index is -0.243. The maximum absolute atomic E-state index is 12.3. The standard InChI is InChI=1S/C18H17Cl2N5OS/c1-10-5-4-6-13(7-10)25-12(3)23-24-18(25)27-9-16(26)22-17-15(20)8-14(19)11(2)21-17/h4-8H,9H2,1-3H3,(H,21,22,26). The summed E-state index contributed by atoms with van der Waals surface area (Å²) in [5.41, 5.74) is 2.69. The number of rotatable bonds is 5. The number of amides is 1. The van der Waals surface area contributed by atoms with E-state index in [0.29, 0.717) is 26.7 Å². The van der Waals surface area contributed by atoms with E-state index in [4.69, 9.17) is 23.2 Å². The second-order valence-electron chi connectivity index (χ2n) is 5.93. The van der Waals surface area contributed by atoms with Gasteiger partial charge in [0.25, 0.3) is 0 Å². The van der Waals surface area contributed by atoms with E-state index < -0.39 is 0 Å². The number of aryl methyl sites for hydroxylation is 3. The van der Waals surface area contributed by atoms with E-state index >= 15 is 0 Å². The lowest BCUT2D eigenvalue weighted by Gasteiger charge is -2.10. The number of carbonyl (C=O) groups is 1. The number of nitrogens with one attached hydrogen (secondary N) is 1. The van der Waals surface area contributed by atoms with Gasteiger partial charge in [0.05, 0.1) is 21.5 Å². The second kappa shape index (κ2) is 8.29. The van der Waals surface area contributed by atoms with Crippen molar-refractivity contribution in [2.75, 3.05) is 11.1 Å². The molecule has 9 heteroatoms. The van der Waals surface area contributed by atoms with E-state index in [-0.39, 0.29) is 11.7 Å². The van der Waals surface area contributed by atoms with Gasteiger partial charge in [0.2, 0.25) is 5.91 Å². The first kappa shape index (κ1) is 19.7. The van der Waals surface area contributed by atoms with Gasteiger partial charge in [-0.15, -0.1) is 10.2 Å². The summed E-state index contributed by atoms with van der Waals surface area (Å²) in [7, 11) is 0. The monoisotopic (exact) mass is 421 g/mol. The normalized spacial score (nSPS) is 10.9. The summed E-state index contributed by atoms with van der Waals surface area (Å²) in [5, 5.41) is 12.4. The number of pyridine rings is 1. The highest BCUT2D eigenvalue weighted by atomic mass is 35.5. The lowest BCUT2D eigenvalue weighted by atomic mass is 10.2. The summed E-state index contributed by atoms with van der Waals surface area (Å²) < 4.78 is 1.92. The summed E-state index contributed by atoms with van der Waals surface area (Å²) in [4.78, 5) is 16.5. The first-order valence-corrected chi connectivity index (χ1v) is 9.83.